The molecule has 2 rings (SSSR count). The first-order valence-electron chi connectivity index (χ1n) is 10.1. The summed E-state index contributed by atoms with van der Waals surface area (Å²) in [5.74, 6) is 1.17. The predicted molar refractivity (Wildman–Crippen MR) is 95.6 cm³/mol. The first kappa shape index (κ1) is 19.7. The number of piperidine rings is 1. The Morgan fingerprint density at radius 1 is 1.29 bits per heavy atom. The summed E-state index contributed by atoms with van der Waals surface area (Å²) in [5, 5.41) is 3.35. The molecule has 1 N–H and O–H groups in total. The second-order valence-corrected chi connectivity index (χ2v) is 8.03. The van der Waals surface area contributed by atoms with Gasteiger partial charge in [0.15, 0.2) is 0 Å². The molecule has 0 amide bonds. The highest BCUT2D eigenvalue weighted by molar-refractivity contribution is 5.76. The Morgan fingerprint density at radius 3 is 2.71 bits per heavy atom. The van der Waals surface area contributed by atoms with Crippen LogP contribution in [0.15, 0.2) is 0 Å². The van der Waals surface area contributed by atoms with Gasteiger partial charge in [0.05, 0.1) is 6.61 Å². The van der Waals surface area contributed by atoms with Crippen LogP contribution in [0.3, 0.4) is 0 Å². The van der Waals surface area contributed by atoms with E-state index in [1.807, 2.05) is 0 Å². The first-order chi connectivity index (χ1) is 11.5. The van der Waals surface area contributed by atoms with Gasteiger partial charge in [0, 0.05) is 0 Å². The molecule has 4 heteroatoms. The quantitative estimate of drug-likeness (QED) is 0.654. The third-order valence-electron chi connectivity index (χ3n) is 6.30. The maximum atomic E-state index is 15.1. The normalized spacial score (nSPS) is 33.3. The smallest absolute Gasteiger partial charge is 0.323 e. The van der Waals surface area contributed by atoms with Crippen molar-refractivity contribution in [2.75, 3.05) is 13.2 Å². The van der Waals surface area contributed by atoms with Crippen LogP contribution >= 0.6 is 0 Å². The first-order valence-corrected chi connectivity index (χ1v) is 10.1. The number of rotatable bonds is 8. The number of fused-ring (bicyclic) bond motifs is 1. The molecule has 0 aromatic rings. The molecule has 24 heavy (non-hydrogen) atoms. The van der Waals surface area contributed by atoms with E-state index in [9.17, 15) is 4.79 Å². The summed E-state index contributed by atoms with van der Waals surface area (Å²) < 4.78 is 20.6. The fraction of sp³-hybridized carbons (Fsp3) is 0.950. The van der Waals surface area contributed by atoms with Gasteiger partial charge in [0.25, 0.3) is 0 Å². The number of carbonyl (C=O) groups is 1. The fourth-order valence-corrected chi connectivity index (χ4v) is 4.37. The monoisotopic (exact) mass is 341 g/mol. The Labute approximate surface area is 147 Å². The van der Waals surface area contributed by atoms with Crippen molar-refractivity contribution in [2.24, 2.45) is 17.8 Å². The minimum atomic E-state index is -1.00. The van der Waals surface area contributed by atoms with Gasteiger partial charge in [0.2, 0.25) is 0 Å². The minimum absolute atomic E-state index is 0.135. The zero-order valence-electron chi connectivity index (χ0n) is 15.8. The highest BCUT2D eigenvalue weighted by Crippen LogP contribution is 2.45. The van der Waals surface area contributed by atoms with E-state index >= 15 is 4.39 Å². The van der Waals surface area contributed by atoms with Gasteiger partial charge in [-0.05, 0) is 56.4 Å². The van der Waals surface area contributed by atoms with E-state index in [1.165, 1.54) is 0 Å². The number of unbranched alkanes of at least 4 members (excludes halogenated alkanes) is 1. The van der Waals surface area contributed by atoms with E-state index in [1.54, 1.807) is 0 Å². The Morgan fingerprint density at radius 2 is 2.04 bits per heavy atom. The molecule has 2 fully saturated rings. The van der Waals surface area contributed by atoms with Crippen molar-refractivity contribution in [3.63, 3.8) is 0 Å². The standard InChI is InChI=1S/C20H36FNO2/c1-4-7-9-20(21)10-8-16-13-22-18(11-17(16)12-20)19(23)24-14-15(5-2)6-3/h15-18,22H,4-14H2,1-3H3. The van der Waals surface area contributed by atoms with Gasteiger partial charge in [-0.25, -0.2) is 4.39 Å². The van der Waals surface area contributed by atoms with Crippen LogP contribution in [-0.2, 0) is 9.53 Å². The number of carbonyl (C=O) groups excluding carboxylic acids is 1. The van der Waals surface area contributed by atoms with Gasteiger partial charge in [-0.3, -0.25) is 4.79 Å². The van der Waals surface area contributed by atoms with E-state index < -0.39 is 5.67 Å². The lowest BCUT2D eigenvalue weighted by Crippen LogP contribution is -2.52. The Balaban J connectivity index is 1.85. The molecule has 1 saturated heterocycles. The molecule has 1 aliphatic heterocycles. The van der Waals surface area contributed by atoms with Gasteiger partial charge in [0.1, 0.15) is 11.7 Å². The Hall–Kier alpha value is -0.640. The van der Waals surface area contributed by atoms with Crippen LogP contribution in [0.5, 0.6) is 0 Å². The average molecular weight is 342 g/mol. The molecule has 1 saturated carbocycles. The third kappa shape index (κ3) is 5.18. The van der Waals surface area contributed by atoms with Crippen LogP contribution in [0, 0.1) is 17.8 Å². The summed E-state index contributed by atoms with van der Waals surface area (Å²) >= 11 is 0. The van der Waals surface area contributed by atoms with Gasteiger partial charge in [-0.15, -0.1) is 0 Å². The average Bonchev–Trinajstić information content (AvgIpc) is 2.60. The molecule has 2 aliphatic rings. The summed E-state index contributed by atoms with van der Waals surface area (Å²) in [7, 11) is 0. The molecule has 1 aliphatic carbocycles. The highest BCUT2D eigenvalue weighted by atomic mass is 19.1. The van der Waals surface area contributed by atoms with Gasteiger partial charge >= 0.3 is 5.97 Å². The molecule has 0 aromatic carbocycles. The molecule has 140 valence electrons. The van der Waals surface area contributed by atoms with E-state index in [0.29, 0.717) is 43.6 Å². The van der Waals surface area contributed by atoms with Crippen molar-refractivity contribution < 1.29 is 13.9 Å². The number of alkyl halides is 1. The van der Waals surface area contributed by atoms with Crippen molar-refractivity contribution in [1.82, 2.24) is 5.32 Å². The summed E-state index contributed by atoms with van der Waals surface area (Å²) in [5.41, 5.74) is -1.00. The number of esters is 1. The summed E-state index contributed by atoms with van der Waals surface area (Å²) in [6.07, 6.45) is 7.79. The lowest BCUT2D eigenvalue weighted by molar-refractivity contribution is -0.149. The second-order valence-electron chi connectivity index (χ2n) is 8.03. The van der Waals surface area contributed by atoms with Crippen molar-refractivity contribution in [2.45, 2.75) is 90.3 Å². The minimum Gasteiger partial charge on any atom is -0.464 e. The largest absolute Gasteiger partial charge is 0.464 e. The molecule has 0 bridgehead atoms. The van der Waals surface area contributed by atoms with Gasteiger partial charge in [-0.2, -0.15) is 0 Å². The van der Waals surface area contributed by atoms with Crippen LogP contribution in [0.4, 0.5) is 4.39 Å². The Kier molecular flexibility index (Phi) is 7.52. The number of ether oxygens (including phenoxy) is 1. The maximum absolute atomic E-state index is 15.1. The van der Waals surface area contributed by atoms with Crippen LogP contribution in [0.25, 0.3) is 0 Å². The number of halogens is 1. The molecule has 1 heterocycles. The van der Waals surface area contributed by atoms with Gasteiger partial charge in [-0.1, -0.05) is 46.5 Å². The summed E-state index contributed by atoms with van der Waals surface area (Å²) in [4.78, 5) is 12.4. The van der Waals surface area contributed by atoms with Gasteiger partial charge < -0.3 is 10.1 Å². The van der Waals surface area contributed by atoms with E-state index in [4.69, 9.17) is 4.74 Å². The lowest BCUT2D eigenvalue weighted by atomic mass is 9.67. The third-order valence-corrected chi connectivity index (χ3v) is 6.30. The predicted octanol–water partition coefficient (Wildman–Crippen LogP) is 4.64. The topological polar surface area (TPSA) is 38.3 Å². The number of nitrogens with one attached hydrogen (secondary N) is 1. The molecule has 0 aromatic heterocycles. The molecule has 0 spiro atoms. The molecule has 4 unspecified atom stereocenters. The lowest BCUT2D eigenvalue weighted by Gasteiger charge is -2.44. The fourth-order valence-electron chi connectivity index (χ4n) is 4.37. The van der Waals surface area contributed by atoms with Crippen molar-refractivity contribution in [3.05, 3.63) is 0 Å². The summed E-state index contributed by atoms with van der Waals surface area (Å²) in [6.45, 7) is 7.72. The van der Waals surface area contributed by atoms with Crippen molar-refractivity contribution >= 4 is 5.97 Å². The van der Waals surface area contributed by atoms with Crippen molar-refractivity contribution in [1.29, 1.82) is 0 Å². The number of hydrogen-bond acceptors (Lipinski definition) is 3. The highest BCUT2D eigenvalue weighted by Gasteiger charge is 2.44. The molecule has 0 radical (unpaired) electrons. The molecule has 4 atom stereocenters. The zero-order chi connectivity index (χ0) is 17.6. The van der Waals surface area contributed by atoms with E-state index in [2.05, 4.69) is 26.1 Å². The van der Waals surface area contributed by atoms with E-state index in [-0.39, 0.29) is 12.0 Å². The van der Waals surface area contributed by atoms with Crippen molar-refractivity contribution in [3.8, 4) is 0 Å². The zero-order valence-corrected chi connectivity index (χ0v) is 15.8. The number of hydrogen-bond donors (Lipinski definition) is 1. The maximum Gasteiger partial charge on any atom is 0.323 e. The van der Waals surface area contributed by atoms with E-state index in [0.717, 1.165) is 45.1 Å². The molecule has 3 nitrogen and oxygen atoms in total. The van der Waals surface area contributed by atoms with Crippen LogP contribution in [0.2, 0.25) is 0 Å². The molecular weight excluding hydrogens is 305 g/mol. The molecular formula is C20H36FNO2. The van der Waals surface area contributed by atoms with Crippen LogP contribution < -0.4 is 5.32 Å². The van der Waals surface area contributed by atoms with Crippen LogP contribution in [0.1, 0.15) is 78.6 Å². The summed E-state index contributed by atoms with van der Waals surface area (Å²) in [6, 6.07) is -0.242. The second kappa shape index (κ2) is 9.17. The SMILES string of the molecule is CCCCC1(F)CCC2CNC(C(=O)OCC(CC)CC)CC2C1. The Bertz CT molecular complexity index is 399. The van der Waals surface area contributed by atoms with Crippen LogP contribution in [-0.4, -0.2) is 30.8 Å².